The Bertz CT molecular complexity index is 206. The van der Waals surface area contributed by atoms with Gasteiger partial charge < -0.3 is 16.2 Å². The molecular weight excluding hydrogens is 140 g/mol. The van der Waals surface area contributed by atoms with Crippen molar-refractivity contribution < 1.29 is 5.11 Å². The van der Waals surface area contributed by atoms with Crippen LogP contribution in [0.4, 0.5) is 0 Å². The van der Waals surface area contributed by atoms with Gasteiger partial charge in [-0.25, -0.2) is 0 Å². The standard InChI is InChI=1S/C8H14N2O/c1-8(11)4-3-6(9)5-7(8)10-2/h3-5,7,10-11H,9H2,1-2H3. The van der Waals surface area contributed by atoms with Crippen molar-refractivity contribution >= 4 is 0 Å². The zero-order chi connectivity index (χ0) is 8.48. The van der Waals surface area contributed by atoms with E-state index in [1.807, 2.05) is 0 Å². The fourth-order valence-electron chi connectivity index (χ4n) is 1.16. The van der Waals surface area contributed by atoms with Gasteiger partial charge in [0.15, 0.2) is 0 Å². The maximum absolute atomic E-state index is 9.70. The van der Waals surface area contributed by atoms with E-state index in [2.05, 4.69) is 5.32 Å². The highest BCUT2D eigenvalue weighted by Crippen LogP contribution is 2.18. The summed E-state index contributed by atoms with van der Waals surface area (Å²) in [5.74, 6) is 0. The van der Waals surface area contributed by atoms with Crippen molar-refractivity contribution in [2.75, 3.05) is 7.05 Å². The molecule has 2 atom stereocenters. The number of hydrogen-bond acceptors (Lipinski definition) is 3. The molecular formula is C8H14N2O. The van der Waals surface area contributed by atoms with Crippen LogP contribution in [0.2, 0.25) is 0 Å². The largest absolute Gasteiger partial charge is 0.399 e. The average Bonchev–Trinajstić information content (AvgIpc) is 1.94. The molecule has 0 saturated heterocycles. The van der Waals surface area contributed by atoms with Crippen LogP contribution in [0, 0.1) is 0 Å². The monoisotopic (exact) mass is 154 g/mol. The molecule has 0 saturated carbocycles. The van der Waals surface area contributed by atoms with Crippen LogP contribution < -0.4 is 11.1 Å². The van der Waals surface area contributed by atoms with Crippen LogP contribution in [0.3, 0.4) is 0 Å². The quantitative estimate of drug-likeness (QED) is 0.487. The zero-order valence-electron chi connectivity index (χ0n) is 6.83. The summed E-state index contributed by atoms with van der Waals surface area (Å²) in [7, 11) is 1.79. The Labute approximate surface area is 66.6 Å². The van der Waals surface area contributed by atoms with E-state index in [-0.39, 0.29) is 6.04 Å². The molecule has 3 nitrogen and oxygen atoms in total. The van der Waals surface area contributed by atoms with Gasteiger partial charge in [0.25, 0.3) is 0 Å². The molecule has 1 aliphatic rings. The first-order valence-electron chi connectivity index (χ1n) is 3.62. The minimum absolute atomic E-state index is 0.0903. The highest BCUT2D eigenvalue weighted by atomic mass is 16.3. The Morgan fingerprint density at radius 2 is 2.36 bits per heavy atom. The van der Waals surface area contributed by atoms with Gasteiger partial charge in [-0.1, -0.05) is 0 Å². The second-order valence-electron chi connectivity index (χ2n) is 2.99. The molecule has 0 aliphatic heterocycles. The highest BCUT2D eigenvalue weighted by Gasteiger charge is 2.28. The van der Waals surface area contributed by atoms with Gasteiger partial charge in [0.1, 0.15) is 0 Å². The summed E-state index contributed by atoms with van der Waals surface area (Å²) in [5.41, 5.74) is 5.41. The molecule has 0 aromatic rings. The molecule has 1 aliphatic carbocycles. The van der Waals surface area contributed by atoms with Crippen LogP contribution in [-0.2, 0) is 0 Å². The lowest BCUT2D eigenvalue weighted by Crippen LogP contribution is -2.46. The molecule has 0 heterocycles. The fraction of sp³-hybridized carbons (Fsp3) is 0.500. The van der Waals surface area contributed by atoms with Crippen LogP contribution in [0.25, 0.3) is 0 Å². The van der Waals surface area contributed by atoms with Gasteiger partial charge in [-0.3, -0.25) is 0 Å². The van der Waals surface area contributed by atoms with E-state index < -0.39 is 5.60 Å². The first-order valence-corrected chi connectivity index (χ1v) is 3.62. The van der Waals surface area contributed by atoms with Crippen LogP contribution in [0.15, 0.2) is 23.9 Å². The lowest BCUT2D eigenvalue weighted by molar-refractivity contribution is 0.0851. The Morgan fingerprint density at radius 1 is 1.73 bits per heavy atom. The van der Waals surface area contributed by atoms with Gasteiger partial charge in [0, 0.05) is 5.70 Å². The summed E-state index contributed by atoms with van der Waals surface area (Å²) in [4.78, 5) is 0. The van der Waals surface area contributed by atoms with E-state index in [9.17, 15) is 5.11 Å². The second-order valence-corrected chi connectivity index (χ2v) is 2.99. The number of likely N-dealkylation sites (N-methyl/N-ethyl adjacent to an activating group) is 1. The van der Waals surface area contributed by atoms with E-state index >= 15 is 0 Å². The van der Waals surface area contributed by atoms with Crippen LogP contribution in [0.5, 0.6) is 0 Å². The third kappa shape index (κ3) is 1.61. The summed E-state index contributed by atoms with van der Waals surface area (Å²) < 4.78 is 0. The molecule has 4 N–H and O–H groups in total. The van der Waals surface area contributed by atoms with Crippen LogP contribution in [-0.4, -0.2) is 23.8 Å². The van der Waals surface area contributed by atoms with Crippen LogP contribution >= 0.6 is 0 Å². The third-order valence-electron chi connectivity index (χ3n) is 1.91. The number of nitrogens with two attached hydrogens (primary N) is 1. The molecule has 0 fully saturated rings. The molecule has 0 aromatic carbocycles. The van der Waals surface area contributed by atoms with Gasteiger partial charge in [-0.05, 0) is 32.2 Å². The molecule has 0 bridgehead atoms. The number of allylic oxidation sites excluding steroid dienone is 1. The van der Waals surface area contributed by atoms with E-state index in [1.54, 1.807) is 32.2 Å². The molecule has 0 aromatic heterocycles. The Balaban J connectivity index is 2.84. The van der Waals surface area contributed by atoms with Crippen molar-refractivity contribution in [1.82, 2.24) is 5.32 Å². The predicted molar refractivity (Wildman–Crippen MR) is 44.9 cm³/mol. The first-order chi connectivity index (χ1) is 5.06. The third-order valence-corrected chi connectivity index (χ3v) is 1.91. The van der Waals surface area contributed by atoms with Gasteiger partial charge in [-0.2, -0.15) is 0 Å². The van der Waals surface area contributed by atoms with Crippen molar-refractivity contribution in [1.29, 1.82) is 0 Å². The lowest BCUT2D eigenvalue weighted by Gasteiger charge is -2.30. The van der Waals surface area contributed by atoms with E-state index in [1.165, 1.54) is 0 Å². The average molecular weight is 154 g/mol. The molecule has 3 heteroatoms. The number of hydrogen-bond donors (Lipinski definition) is 3. The molecule has 0 spiro atoms. The first kappa shape index (κ1) is 8.30. The summed E-state index contributed by atoms with van der Waals surface area (Å²) >= 11 is 0. The van der Waals surface area contributed by atoms with Crippen molar-refractivity contribution in [3.8, 4) is 0 Å². The molecule has 0 amide bonds. The van der Waals surface area contributed by atoms with E-state index in [4.69, 9.17) is 5.73 Å². The number of aliphatic hydroxyl groups is 1. The minimum atomic E-state index is -0.822. The van der Waals surface area contributed by atoms with E-state index in [0.29, 0.717) is 5.70 Å². The molecule has 2 unspecified atom stereocenters. The number of rotatable bonds is 1. The second kappa shape index (κ2) is 2.68. The lowest BCUT2D eigenvalue weighted by atomic mass is 9.91. The van der Waals surface area contributed by atoms with Crippen molar-refractivity contribution in [2.45, 2.75) is 18.6 Å². The molecule has 62 valence electrons. The minimum Gasteiger partial charge on any atom is -0.399 e. The number of nitrogens with one attached hydrogen (secondary N) is 1. The molecule has 0 radical (unpaired) electrons. The Kier molecular flexibility index (Phi) is 2.02. The smallest absolute Gasteiger partial charge is 0.0992 e. The highest BCUT2D eigenvalue weighted by molar-refractivity contribution is 5.29. The maximum Gasteiger partial charge on any atom is 0.0992 e. The molecule has 1 rings (SSSR count). The summed E-state index contributed by atoms with van der Waals surface area (Å²) in [6, 6.07) is -0.0903. The summed E-state index contributed by atoms with van der Waals surface area (Å²) in [6.45, 7) is 1.74. The van der Waals surface area contributed by atoms with Gasteiger partial charge >= 0.3 is 0 Å². The summed E-state index contributed by atoms with van der Waals surface area (Å²) in [5, 5.41) is 12.7. The molecule has 11 heavy (non-hydrogen) atoms. The van der Waals surface area contributed by atoms with Gasteiger partial charge in [0.2, 0.25) is 0 Å². The Hall–Kier alpha value is -0.800. The maximum atomic E-state index is 9.70. The normalized spacial score (nSPS) is 37.0. The van der Waals surface area contributed by atoms with Crippen molar-refractivity contribution in [2.24, 2.45) is 5.73 Å². The van der Waals surface area contributed by atoms with Crippen molar-refractivity contribution in [3.05, 3.63) is 23.9 Å². The SMILES string of the molecule is CNC1C=C(N)C=CC1(C)O. The van der Waals surface area contributed by atoms with Gasteiger partial charge in [-0.15, -0.1) is 0 Å². The fourth-order valence-corrected chi connectivity index (χ4v) is 1.16. The van der Waals surface area contributed by atoms with E-state index in [0.717, 1.165) is 0 Å². The zero-order valence-corrected chi connectivity index (χ0v) is 6.83. The van der Waals surface area contributed by atoms with Crippen molar-refractivity contribution in [3.63, 3.8) is 0 Å². The summed E-state index contributed by atoms with van der Waals surface area (Å²) in [6.07, 6.45) is 5.22. The topological polar surface area (TPSA) is 58.3 Å². The predicted octanol–water partition coefficient (Wildman–Crippen LogP) is -0.262. The van der Waals surface area contributed by atoms with Gasteiger partial charge in [0.05, 0.1) is 11.6 Å². The Morgan fingerprint density at radius 3 is 2.82 bits per heavy atom. The van der Waals surface area contributed by atoms with Crippen LogP contribution in [0.1, 0.15) is 6.92 Å².